The van der Waals surface area contributed by atoms with Gasteiger partial charge in [-0.3, -0.25) is 4.79 Å². The van der Waals surface area contributed by atoms with Crippen molar-refractivity contribution in [2.75, 3.05) is 0 Å². The standard InChI is InChI=1S/C10H9BrN2O2/c1-7(15)10(6-14)13-12-9-4-2-8(11)3-5-9/h2-6,14H,1H3/b10-6+,13-12?. The van der Waals surface area contributed by atoms with Gasteiger partial charge in [-0.15, -0.1) is 5.11 Å². The average Bonchev–Trinajstić information content (AvgIpc) is 2.21. The second kappa shape index (κ2) is 5.41. The van der Waals surface area contributed by atoms with Gasteiger partial charge in [0.2, 0.25) is 0 Å². The molecular weight excluding hydrogens is 260 g/mol. The minimum Gasteiger partial charge on any atom is -0.513 e. The molecule has 0 spiro atoms. The summed E-state index contributed by atoms with van der Waals surface area (Å²) in [5.41, 5.74) is 0.539. The topological polar surface area (TPSA) is 62.0 Å². The molecule has 0 aliphatic carbocycles. The highest BCUT2D eigenvalue weighted by atomic mass is 79.9. The number of allylic oxidation sites excluding steroid dienone is 1. The van der Waals surface area contributed by atoms with E-state index >= 15 is 0 Å². The summed E-state index contributed by atoms with van der Waals surface area (Å²) in [6, 6.07) is 7.10. The maximum Gasteiger partial charge on any atom is 0.183 e. The van der Waals surface area contributed by atoms with E-state index in [1.807, 2.05) is 12.1 Å². The second-order valence-corrected chi connectivity index (χ2v) is 3.66. The quantitative estimate of drug-likeness (QED) is 0.518. The van der Waals surface area contributed by atoms with E-state index in [4.69, 9.17) is 5.11 Å². The SMILES string of the molecule is CC(=O)/C(=C\O)N=Nc1ccc(Br)cc1. The van der Waals surface area contributed by atoms with Crippen molar-refractivity contribution in [2.24, 2.45) is 10.2 Å². The number of hydrogen-bond donors (Lipinski definition) is 1. The largest absolute Gasteiger partial charge is 0.513 e. The van der Waals surface area contributed by atoms with Crippen LogP contribution in [0.3, 0.4) is 0 Å². The molecule has 0 saturated heterocycles. The third-order valence-electron chi connectivity index (χ3n) is 1.58. The molecule has 0 bridgehead atoms. The minimum absolute atomic E-state index is 0.0714. The number of benzene rings is 1. The van der Waals surface area contributed by atoms with Crippen LogP contribution in [0.4, 0.5) is 5.69 Å². The third kappa shape index (κ3) is 3.63. The fourth-order valence-corrected chi connectivity index (χ4v) is 1.07. The van der Waals surface area contributed by atoms with Crippen molar-refractivity contribution in [1.82, 2.24) is 0 Å². The van der Waals surface area contributed by atoms with E-state index in [0.29, 0.717) is 11.9 Å². The van der Waals surface area contributed by atoms with Crippen LogP contribution in [-0.4, -0.2) is 10.9 Å². The number of azo groups is 1. The van der Waals surface area contributed by atoms with E-state index < -0.39 is 0 Å². The number of nitrogens with zero attached hydrogens (tertiary/aromatic N) is 2. The summed E-state index contributed by atoms with van der Waals surface area (Å²) in [6.45, 7) is 1.31. The Morgan fingerprint density at radius 3 is 2.47 bits per heavy atom. The molecule has 0 aliphatic rings. The maximum atomic E-state index is 10.9. The predicted octanol–water partition coefficient (Wildman–Crippen LogP) is 3.52. The molecule has 15 heavy (non-hydrogen) atoms. The van der Waals surface area contributed by atoms with Crippen LogP contribution in [0.25, 0.3) is 0 Å². The zero-order chi connectivity index (χ0) is 11.3. The summed E-state index contributed by atoms with van der Waals surface area (Å²) < 4.78 is 0.936. The van der Waals surface area contributed by atoms with Gasteiger partial charge in [0, 0.05) is 11.4 Å². The normalized spacial score (nSPS) is 12.0. The van der Waals surface area contributed by atoms with Crippen molar-refractivity contribution in [3.63, 3.8) is 0 Å². The van der Waals surface area contributed by atoms with E-state index in [1.165, 1.54) is 6.92 Å². The molecule has 0 radical (unpaired) electrons. The van der Waals surface area contributed by atoms with Crippen molar-refractivity contribution < 1.29 is 9.90 Å². The summed E-state index contributed by atoms with van der Waals surface area (Å²) in [7, 11) is 0. The van der Waals surface area contributed by atoms with E-state index in [-0.39, 0.29) is 11.5 Å². The number of Topliss-reactive ketones (excluding diaryl/α,β-unsaturated/α-hetero) is 1. The average molecular weight is 269 g/mol. The van der Waals surface area contributed by atoms with E-state index in [1.54, 1.807) is 12.1 Å². The first-order chi connectivity index (χ1) is 7.13. The lowest BCUT2D eigenvalue weighted by molar-refractivity contribution is -0.113. The summed E-state index contributed by atoms with van der Waals surface area (Å²) in [6.07, 6.45) is 0.644. The predicted molar refractivity (Wildman–Crippen MR) is 60.1 cm³/mol. The smallest absolute Gasteiger partial charge is 0.183 e. The zero-order valence-corrected chi connectivity index (χ0v) is 9.60. The Morgan fingerprint density at radius 2 is 2.00 bits per heavy atom. The third-order valence-corrected chi connectivity index (χ3v) is 2.11. The Balaban J connectivity index is 2.81. The van der Waals surface area contributed by atoms with Gasteiger partial charge in [-0.1, -0.05) is 15.9 Å². The highest BCUT2D eigenvalue weighted by molar-refractivity contribution is 9.10. The second-order valence-electron chi connectivity index (χ2n) is 2.75. The van der Waals surface area contributed by atoms with Crippen LogP contribution in [0, 0.1) is 0 Å². The van der Waals surface area contributed by atoms with Gasteiger partial charge < -0.3 is 5.11 Å². The number of hydrogen-bond acceptors (Lipinski definition) is 4. The lowest BCUT2D eigenvalue weighted by Gasteiger charge is -1.93. The molecule has 0 heterocycles. The Kier molecular flexibility index (Phi) is 4.17. The molecule has 0 fully saturated rings. The van der Waals surface area contributed by atoms with Gasteiger partial charge in [-0.2, -0.15) is 5.11 Å². The van der Waals surface area contributed by atoms with Gasteiger partial charge in [0.25, 0.3) is 0 Å². The highest BCUT2D eigenvalue weighted by Crippen LogP contribution is 2.17. The molecular formula is C10H9BrN2O2. The van der Waals surface area contributed by atoms with Gasteiger partial charge >= 0.3 is 0 Å². The molecule has 1 aromatic rings. The minimum atomic E-state index is -0.335. The first-order valence-corrected chi connectivity index (χ1v) is 4.95. The molecule has 0 aromatic heterocycles. The van der Waals surface area contributed by atoms with Crippen LogP contribution in [0.15, 0.2) is 50.9 Å². The fourth-order valence-electron chi connectivity index (χ4n) is 0.806. The number of aliphatic hydroxyl groups excluding tert-OH is 1. The van der Waals surface area contributed by atoms with Crippen molar-refractivity contribution in [1.29, 1.82) is 0 Å². The number of aliphatic hydroxyl groups is 1. The van der Waals surface area contributed by atoms with Crippen molar-refractivity contribution in [2.45, 2.75) is 6.92 Å². The first-order valence-electron chi connectivity index (χ1n) is 4.16. The van der Waals surface area contributed by atoms with Crippen LogP contribution in [0.1, 0.15) is 6.92 Å². The molecule has 0 unspecified atom stereocenters. The molecule has 5 heteroatoms. The van der Waals surface area contributed by atoms with Crippen molar-refractivity contribution in [3.8, 4) is 0 Å². The molecule has 1 aromatic carbocycles. The van der Waals surface area contributed by atoms with Gasteiger partial charge in [0.15, 0.2) is 11.5 Å². The Morgan fingerprint density at radius 1 is 1.40 bits per heavy atom. The number of rotatable bonds is 3. The molecule has 0 saturated carbocycles. The van der Waals surface area contributed by atoms with Gasteiger partial charge in [-0.25, -0.2) is 0 Å². The molecule has 0 amide bonds. The van der Waals surface area contributed by atoms with Crippen LogP contribution in [0.2, 0.25) is 0 Å². The van der Waals surface area contributed by atoms with Crippen LogP contribution in [0.5, 0.6) is 0 Å². The molecule has 78 valence electrons. The monoisotopic (exact) mass is 268 g/mol. The maximum absolute atomic E-state index is 10.9. The number of halogens is 1. The van der Waals surface area contributed by atoms with Crippen LogP contribution >= 0.6 is 15.9 Å². The molecule has 1 rings (SSSR count). The Bertz CT molecular complexity index is 410. The number of carbonyl (C=O) groups excluding carboxylic acids is 1. The summed E-state index contributed by atoms with van der Waals surface area (Å²) in [4.78, 5) is 10.9. The van der Waals surface area contributed by atoms with Crippen molar-refractivity contribution >= 4 is 27.4 Å². The Hall–Kier alpha value is -1.49. The fraction of sp³-hybridized carbons (Fsp3) is 0.100. The highest BCUT2D eigenvalue weighted by Gasteiger charge is 2.00. The molecule has 0 aliphatic heterocycles. The molecule has 0 atom stereocenters. The summed E-state index contributed by atoms with van der Waals surface area (Å²) in [5, 5.41) is 16.1. The van der Waals surface area contributed by atoms with E-state index in [0.717, 1.165) is 4.47 Å². The number of carbonyl (C=O) groups is 1. The van der Waals surface area contributed by atoms with Gasteiger partial charge in [0.05, 0.1) is 5.69 Å². The zero-order valence-electron chi connectivity index (χ0n) is 8.01. The molecule has 1 N–H and O–H groups in total. The molecule has 4 nitrogen and oxygen atoms in total. The summed E-state index contributed by atoms with van der Waals surface area (Å²) >= 11 is 3.28. The van der Waals surface area contributed by atoms with Crippen molar-refractivity contribution in [3.05, 3.63) is 40.7 Å². The lowest BCUT2D eigenvalue weighted by atomic mass is 10.3. The Labute approximate surface area is 95.5 Å². The van der Waals surface area contributed by atoms with Crippen LogP contribution < -0.4 is 0 Å². The first kappa shape index (κ1) is 11.6. The van der Waals surface area contributed by atoms with Gasteiger partial charge in [0.1, 0.15) is 6.26 Å². The number of ketones is 1. The lowest BCUT2D eigenvalue weighted by Crippen LogP contribution is -1.91. The van der Waals surface area contributed by atoms with Gasteiger partial charge in [-0.05, 0) is 24.3 Å². The summed E-state index contributed by atoms with van der Waals surface area (Å²) in [5.74, 6) is -0.335. The van der Waals surface area contributed by atoms with E-state index in [2.05, 4.69) is 26.2 Å². The van der Waals surface area contributed by atoms with Crippen LogP contribution in [-0.2, 0) is 4.79 Å². The van der Waals surface area contributed by atoms with E-state index in [9.17, 15) is 4.79 Å².